The summed E-state index contributed by atoms with van der Waals surface area (Å²) in [6.07, 6.45) is 5.58. The maximum atomic E-state index is 11.0. The molecule has 2 nitrogen and oxygen atoms in total. The zero-order chi connectivity index (χ0) is 11.5. The van der Waals surface area contributed by atoms with Gasteiger partial charge in [0.15, 0.2) is 0 Å². The van der Waals surface area contributed by atoms with Crippen LogP contribution in [0.5, 0.6) is 0 Å². The van der Waals surface area contributed by atoms with Gasteiger partial charge in [0, 0.05) is 6.42 Å². The van der Waals surface area contributed by atoms with Gasteiger partial charge in [0.05, 0.1) is 6.61 Å². The minimum absolute atomic E-state index is 0.102. The van der Waals surface area contributed by atoms with Gasteiger partial charge in [-0.1, -0.05) is 45.1 Å². The number of allylic oxidation sites excluding steroid dienone is 3. The van der Waals surface area contributed by atoms with Crippen LogP contribution in [-0.2, 0) is 9.53 Å². The van der Waals surface area contributed by atoms with E-state index in [4.69, 9.17) is 4.74 Å². The number of carbonyl (C=O) groups excluding carboxylic acids is 1. The zero-order valence-electron chi connectivity index (χ0n) is 9.88. The van der Waals surface area contributed by atoms with Crippen molar-refractivity contribution in [2.24, 2.45) is 11.3 Å². The van der Waals surface area contributed by atoms with E-state index in [-0.39, 0.29) is 11.4 Å². The molecule has 1 aliphatic rings. The standard InChI is InChI=1S/C13H20O2/c1-5-12(14)15-9-8-13(4)7-6-10(2)11(13)3/h6-7,11H,2,5,8-9H2,1,3-4H3/t11-,13-/m1/s1. The number of ether oxygens (including phenoxy) is 1. The molecule has 0 aliphatic heterocycles. The highest BCUT2D eigenvalue weighted by Gasteiger charge is 2.33. The highest BCUT2D eigenvalue weighted by Crippen LogP contribution is 2.42. The van der Waals surface area contributed by atoms with Crippen molar-refractivity contribution in [2.45, 2.75) is 33.6 Å². The van der Waals surface area contributed by atoms with Crippen molar-refractivity contribution in [3.05, 3.63) is 24.3 Å². The summed E-state index contributed by atoms with van der Waals surface area (Å²) in [5.41, 5.74) is 1.27. The second-order valence-electron chi connectivity index (χ2n) is 4.46. The van der Waals surface area contributed by atoms with E-state index in [1.54, 1.807) is 0 Å². The largest absolute Gasteiger partial charge is 0.466 e. The highest BCUT2D eigenvalue weighted by atomic mass is 16.5. The molecule has 84 valence electrons. The molecule has 0 bridgehead atoms. The molecule has 0 radical (unpaired) electrons. The fraction of sp³-hybridized carbons (Fsp3) is 0.615. The van der Waals surface area contributed by atoms with Crippen LogP contribution in [0.4, 0.5) is 0 Å². The van der Waals surface area contributed by atoms with E-state index in [1.165, 1.54) is 5.57 Å². The average Bonchev–Trinajstić information content (AvgIpc) is 2.47. The predicted molar refractivity (Wildman–Crippen MR) is 61.4 cm³/mol. The normalized spacial score (nSPS) is 29.5. The lowest BCUT2D eigenvalue weighted by molar-refractivity contribution is -0.143. The van der Waals surface area contributed by atoms with E-state index in [2.05, 4.69) is 32.6 Å². The molecule has 2 heteroatoms. The molecule has 0 fully saturated rings. The molecule has 0 heterocycles. The first kappa shape index (κ1) is 12.0. The SMILES string of the molecule is C=C1C=C[C@](C)(CCOC(=O)CC)[C@@H]1C. The summed E-state index contributed by atoms with van der Waals surface area (Å²) in [7, 11) is 0. The number of hydrogen-bond acceptors (Lipinski definition) is 2. The molecule has 1 rings (SSSR count). The fourth-order valence-electron chi connectivity index (χ4n) is 1.80. The van der Waals surface area contributed by atoms with Crippen LogP contribution in [0.15, 0.2) is 24.3 Å². The molecule has 0 aromatic heterocycles. The van der Waals surface area contributed by atoms with Crippen molar-refractivity contribution >= 4 is 5.97 Å². The molecule has 0 spiro atoms. The van der Waals surface area contributed by atoms with Crippen LogP contribution in [0, 0.1) is 11.3 Å². The Morgan fingerprint density at radius 1 is 1.67 bits per heavy atom. The third-order valence-corrected chi connectivity index (χ3v) is 3.42. The van der Waals surface area contributed by atoms with E-state index < -0.39 is 0 Å². The molecule has 2 atom stereocenters. The second kappa shape index (κ2) is 4.65. The van der Waals surface area contributed by atoms with E-state index in [0.29, 0.717) is 18.9 Å². The van der Waals surface area contributed by atoms with E-state index in [9.17, 15) is 4.79 Å². The first-order valence-electron chi connectivity index (χ1n) is 5.53. The Labute approximate surface area is 92.0 Å². The van der Waals surface area contributed by atoms with E-state index in [1.807, 2.05) is 6.92 Å². The van der Waals surface area contributed by atoms with E-state index in [0.717, 1.165) is 6.42 Å². The molecule has 15 heavy (non-hydrogen) atoms. The maximum Gasteiger partial charge on any atom is 0.305 e. The highest BCUT2D eigenvalue weighted by molar-refractivity contribution is 5.68. The van der Waals surface area contributed by atoms with Gasteiger partial charge >= 0.3 is 5.97 Å². The van der Waals surface area contributed by atoms with Gasteiger partial charge in [0.1, 0.15) is 0 Å². The Morgan fingerprint density at radius 3 is 2.80 bits per heavy atom. The summed E-state index contributed by atoms with van der Waals surface area (Å²) < 4.78 is 5.10. The molecular formula is C13H20O2. The Bertz CT molecular complexity index is 291. The minimum Gasteiger partial charge on any atom is -0.466 e. The first-order valence-corrected chi connectivity index (χ1v) is 5.53. The third-order valence-electron chi connectivity index (χ3n) is 3.42. The summed E-state index contributed by atoms with van der Waals surface area (Å²) in [4.78, 5) is 11.0. The van der Waals surface area contributed by atoms with Gasteiger partial charge in [-0.3, -0.25) is 4.79 Å². The molecule has 0 N–H and O–H groups in total. The summed E-state index contributed by atoms with van der Waals surface area (Å²) in [5, 5.41) is 0. The van der Waals surface area contributed by atoms with E-state index >= 15 is 0 Å². The Kier molecular flexibility index (Phi) is 3.72. The third kappa shape index (κ3) is 2.71. The monoisotopic (exact) mass is 208 g/mol. The van der Waals surface area contributed by atoms with Crippen molar-refractivity contribution in [3.8, 4) is 0 Å². The molecule has 0 amide bonds. The van der Waals surface area contributed by atoms with Crippen molar-refractivity contribution in [2.75, 3.05) is 6.61 Å². The summed E-state index contributed by atoms with van der Waals surface area (Å²) >= 11 is 0. The van der Waals surface area contributed by atoms with Crippen LogP contribution in [-0.4, -0.2) is 12.6 Å². The van der Waals surface area contributed by atoms with Crippen molar-refractivity contribution < 1.29 is 9.53 Å². The topological polar surface area (TPSA) is 26.3 Å². The molecule has 0 aromatic rings. The lowest BCUT2D eigenvalue weighted by atomic mass is 9.77. The first-order chi connectivity index (χ1) is 6.99. The fourth-order valence-corrected chi connectivity index (χ4v) is 1.80. The van der Waals surface area contributed by atoms with Gasteiger partial charge in [0.25, 0.3) is 0 Å². The quantitative estimate of drug-likeness (QED) is 0.664. The van der Waals surface area contributed by atoms with Gasteiger partial charge < -0.3 is 4.74 Å². The Balaban J connectivity index is 2.42. The lowest BCUT2D eigenvalue weighted by Crippen LogP contribution is -2.22. The van der Waals surface area contributed by atoms with Crippen molar-refractivity contribution in [1.29, 1.82) is 0 Å². The van der Waals surface area contributed by atoms with Crippen LogP contribution >= 0.6 is 0 Å². The molecular weight excluding hydrogens is 188 g/mol. The smallest absolute Gasteiger partial charge is 0.305 e. The number of rotatable bonds is 4. The molecule has 0 saturated carbocycles. The second-order valence-corrected chi connectivity index (χ2v) is 4.46. The van der Waals surface area contributed by atoms with Crippen LogP contribution < -0.4 is 0 Å². The number of hydrogen-bond donors (Lipinski definition) is 0. The van der Waals surface area contributed by atoms with Crippen LogP contribution in [0.25, 0.3) is 0 Å². The van der Waals surface area contributed by atoms with Crippen LogP contribution in [0.1, 0.15) is 33.6 Å². The number of esters is 1. The van der Waals surface area contributed by atoms with Gasteiger partial charge in [-0.2, -0.15) is 0 Å². The Hall–Kier alpha value is -1.05. The summed E-state index contributed by atoms with van der Waals surface area (Å²) in [6, 6.07) is 0. The zero-order valence-corrected chi connectivity index (χ0v) is 9.88. The molecule has 0 aromatic carbocycles. The van der Waals surface area contributed by atoms with Gasteiger partial charge in [-0.05, 0) is 17.8 Å². The van der Waals surface area contributed by atoms with Crippen LogP contribution in [0.2, 0.25) is 0 Å². The molecule has 1 aliphatic carbocycles. The Morgan fingerprint density at radius 2 is 2.33 bits per heavy atom. The van der Waals surface area contributed by atoms with Crippen LogP contribution in [0.3, 0.4) is 0 Å². The number of carbonyl (C=O) groups is 1. The van der Waals surface area contributed by atoms with Gasteiger partial charge in [0.2, 0.25) is 0 Å². The predicted octanol–water partition coefficient (Wildman–Crippen LogP) is 3.10. The summed E-state index contributed by atoms with van der Waals surface area (Å²) in [5.74, 6) is 0.324. The average molecular weight is 208 g/mol. The summed E-state index contributed by atoms with van der Waals surface area (Å²) in [6.45, 7) is 10.7. The molecule has 0 saturated heterocycles. The maximum absolute atomic E-state index is 11.0. The van der Waals surface area contributed by atoms with Crippen molar-refractivity contribution in [3.63, 3.8) is 0 Å². The van der Waals surface area contributed by atoms with Gasteiger partial charge in [-0.25, -0.2) is 0 Å². The lowest BCUT2D eigenvalue weighted by Gasteiger charge is -2.28. The minimum atomic E-state index is -0.118. The van der Waals surface area contributed by atoms with Gasteiger partial charge in [-0.15, -0.1) is 0 Å². The molecule has 0 unspecified atom stereocenters. The van der Waals surface area contributed by atoms with Crippen molar-refractivity contribution in [1.82, 2.24) is 0 Å².